The number of halogens is 2. The first-order chi connectivity index (χ1) is 8.38. The van der Waals surface area contributed by atoms with Crippen LogP contribution in [0.15, 0.2) is 12.7 Å². The Bertz CT molecular complexity index is 337. The van der Waals surface area contributed by atoms with Gasteiger partial charge >= 0.3 is 0 Å². The zero-order valence-corrected chi connectivity index (χ0v) is 10.4. The van der Waals surface area contributed by atoms with Gasteiger partial charge in [-0.2, -0.15) is 0 Å². The molecule has 6 heteroatoms. The normalized spacial score (nSPS) is 17.7. The molecule has 0 aliphatic heterocycles. The van der Waals surface area contributed by atoms with Gasteiger partial charge in [0.25, 0.3) is 0 Å². The Kier molecular flexibility index (Phi) is 4.81. The summed E-state index contributed by atoms with van der Waals surface area (Å²) >= 11 is 0. The number of carbonyl (C=O) groups excluding carboxylic acids is 2. The third-order valence-corrected chi connectivity index (χ3v) is 2.97. The van der Waals surface area contributed by atoms with Gasteiger partial charge in [-0.05, 0) is 18.9 Å². The van der Waals surface area contributed by atoms with Crippen LogP contribution in [-0.2, 0) is 9.59 Å². The lowest BCUT2D eigenvalue weighted by molar-refractivity contribution is -0.133. The summed E-state index contributed by atoms with van der Waals surface area (Å²) in [6.45, 7) is 5.68. The third kappa shape index (κ3) is 4.09. The molecule has 0 aromatic rings. The molecule has 1 aliphatic carbocycles. The first kappa shape index (κ1) is 14.6. The minimum atomic E-state index is -2.57. The maximum absolute atomic E-state index is 12.6. The highest BCUT2D eigenvalue weighted by atomic mass is 19.3. The first-order valence-electron chi connectivity index (χ1n) is 5.94. The molecule has 0 saturated heterocycles. The third-order valence-electron chi connectivity index (χ3n) is 2.97. The van der Waals surface area contributed by atoms with Gasteiger partial charge in [0.05, 0.1) is 6.54 Å². The summed E-state index contributed by atoms with van der Waals surface area (Å²) in [5.74, 6) is -3.37. The van der Waals surface area contributed by atoms with E-state index in [1.165, 1.54) is 4.90 Å². The fourth-order valence-corrected chi connectivity index (χ4v) is 1.89. The standard InChI is InChI=1S/C12H18F2N2O2/c1-3-11(18)16(4-2)8-10(17)15-7-9-5-12(13,14)6-9/h3,9H,1,4-8H2,2H3,(H,15,17). The van der Waals surface area contributed by atoms with Crippen molar-refractivity contribution in [1.82, 2.24) is 10.2 Å². The summed E-state index contributed by atoms with van der Waals surface area (Å²) in [7, 11) is 0. The molecule has 1 fully saturated rings. The van der Waals surface area contributed by atoms with Crippen molar-refractivity contribution in [1.29, 1.82) is 0 Å². The van der Waals surface area contributed by atoms with Crippen LogP contribution in [-0.4, -0.2) is 42.3 Å². The van der Waals surface area contributed by atoms with Crippen LogP contribution in [0.2, 0.25) is 0 Å². The van der Waals surface area contributed by atoms with Crippen molar-refractivity contribution < 1.29 is 18.4 Å². The average Bonchev–Trinajstić information content (AvgIpc) is 2.29. The van der Waals surface area contributed by atoms with Crippen LogP contribution in [0.4, 0.5) is 8.78 Å². The van der Waals surface area contributed by atoms with Gasteiger partial charge in [0.15, 0.2) is 0 Å². The van der Waals surface area contributed by atoms with E-state index in [4.69, 9.17) is 0 Å². The van der Waals surface area contributed by atoms with E-state index < -0.39 is 5.92 Å². The summed E-state index contributed by atoms with van der Waals surface area (Å²) in [5, 5.41) is 2.57. The number of hydrogen-bond donors (Lipinski definition) is 1. The highest BCUT2D eigenvalue weighted by molar-refractivity contribution is 5.90. The second-order valence-electron chi connectivity index (χ2n) is 4.49. The molecular weight excluding hydrogens is 242 g/mol. The van der Waals surface area contributed by atoms with Crippen LogP contribution >= 0.6 is 0 Å². The quantitative estimate of drug-likeness (QED) is 0.729. The predicted molar refractivity (Wildman–Crippen MR) is 63.1 cm³/mol. The molecular formula is C12H18F2N2O2. The Morgan fingerprint density at radius 2 is 2.11 bits per heavy atom. The van der Waals surface area contributed by atoms with Crippen molar-refractivity contribution in [2.45, 2.75) is 25.7 Å². The molecule has 0 atom stereocenters. The minimum Gasteiger partial charge on any atom is -0.354 e. The lowest BCUT2D eigenvalue weighted by Gasteiger charge is -2.35. The van der Waals surface area contributed by atoms with E-state index in [0.717, 1.165) is 6.08 Å². The molecule has 4 nitrogen and oxygen atoms in total. The number of likely N-dealkylation sites (N-methyl/N-ethyl adjacent to an activating group) is 1. The summed E-state index contributed by atoms with van der Waals surface area (Å²) < 4.78 is 25.1. The van der Waals surface area contributed by atoms with Crippen molar-refractivity contribution in [3.8, 4) is 0 Å². The zero-order chi connectivity index (χ0) is 13.8. The topological polar surface area (TPSA) is 49.4 Å². The van der Waals surface area contributed by atoms with Gasteiger partial charge in [-0.25, -0.2) is 8.78 Å². The van der Waals surface area contributed by atoms with E-state index in [1.807, 2.05) is 0 Å². The maximum Gasteiger partial charge on any atom is 0.248 e. The number of alkyl halides is 2. The van der Waals surface area contributed by atoms with E-state index >= 15 is 0 Å². The molecule has 2 amide bonds. The molecule has 0 radical (unpaired) electrons. The Morgan fingerprint density at radius 1 is 1.50 bits per heavy atom. The SMILES string of the molecule is C=CC(=O)N(CC)CC(=O)NCC1CC(F)(F)C1. The fourth-order valence-electron chi connectivity index (χ4n) is 1.89. The van der Waals surface area contributed by atoms with E-state index in [-0.39, 0.29) is 43.7 Å². The average molecular weight is 260 g/mol. The Hall–Kier alpha value is -1.46. The molecule has 0 heterocycles. The van der Waals surface area contributed by atoms with Crippen molar-refractivity contribution in [2.24, 2.45) is 5.92 Å². The number of amides is 2. The monoisotopic (exact) mass is 260 g/mol. The number of nitrogens with one attached hydrogen (secondary N) is 1. The molecule has 0 aromatic heterocycles. The van der Waals surface area contributed by atoms with Gasteiger partial charge < -0.3 is 10.2 Å². The van der Waals surface area contributed by atoms with Crippen molar-refractivity contribution in [3.63, 3.8) is 0 Å². The maximum atomic E-state index is 12.6. The first-order valence-corrected chi connectivity index (χ1v) is 5.94. The van der Waals surface area contributed by atoms with Gasteiger partial charge in [0.2, 0.25) is 17.7 Å². The van der Waals surface area contributed by atoms with Gasteiger partial charge in [-0.1, -0.05) is 6.58 Å². The smallest absolute Gasteiger partial charge is 0.248 e. The largest absolute Gasteiger partial charge is 0.354 e. The molecule has 0 aromatic carbocycles. The summed E-state index contributed by atoms with van der Waals surface area (Å²) in [6.07, 6.45) is 0.802. The Labute approximate surface area is 105 Å². The van der Waals surface area contributed by atoms with Gasteiger partial charge in [-0.15, -0.1) is 0 Å². The highest BCUT2D eigenvalue weighted by Gasteiger charge is 2.44. The van der Waals surface area contributed by atoms with E-state index in [9.17, 15) is 18.4 Å². The van der Waals surface area contributed by atoms with Crippen LogP contribution in [0.3, 0.4) is 0 Å². The summed E-state index contributed by atoms with van der Waals surface area (Å²) in [6, 6.07) is 0. The molecule has 1 aliphatic rings. The molecule has 0 bridgehead atoms. The van der Waals surface area contributed by atoms with E-state index in [2.05, 4.69) is 11.9 Å². The fraction of sp³-hybridized carbons (Fsp3) is 0.667. The van der Waals surface area contributed by atoms with Gasteiger partial charge in [0.1, 0.15) is 0 Å². The predicted octanol–water partition coefficient (Wildman–Crippen LogP) is 1.18. The number of carbonyl (C=O) groups is 2. The summed E-state index contributed by atoms with van der Waals surface area (Å²) in [4.78, 5) is 24.1. The molecule has 1 rings (SSSR count). The van der Waals surface area contributed by atoms with Gasteiger partial charge in [-0.3, -0.25) is 9.59 Å². The number of nitrogens with zero attached hydrogens (tertiary/aromatic N) is 1. The molecule has 0 unspecified atom stereocenters. The van der Waals surface area contributed by atoms with Crippen LogP contribution in [0.1, 0.15) is 19.8 Å². The van der Waals surface area contributed by atoms with Crippen LogP contribution in [0, 0.1) is 5.92 Å². The zero-order valence-electron chi connectivity index (χ0n) is 10.4. The Morgan fingerprint density at radius 3 is 2.56 bits per heavy atom. The molecule has 18 heavy (non-hydrogen) atoms. The van der Waals surface area contributed by atoms with E-state index in [0.29, 0.717) is 6.54 Å². The lowest BCUT2D eigenvalue weighted by Crippen LogP contribution is -2.45. The van der Waals surface area contributed by atoms with Gasteiger partial charge in [0, 0.05) is 25.9 Å². The Balaban J connectivity index is 2.25. The van der Waals surface area contributed by atoms with Crippen LogP contribution < -0.4 is 5.32 Å². The summed E-state index contributed by atoms with van der Waals surface area (Å²) in [5.41, 5.74) is 0. The van der Waals surface area contributed by atoms with Crippen molar-refractivity contribution in [3.05, 3.63) is 12.7 Å². The second kappa shape index (κ2) is 5.93. The highest BCUT2D eigenvalue weighted by Crippen LogP contribution is 2.41. The lowest BCUT2D eigenvalue weighted by atomic mass is 9.81. The molecule has 102 valence electrons. The minimum absolute atomic E-state index is 0.0650. The van der Waals surface area contributed by atoms with E-state index in [1.54, 1.807) is 6.92 Å². The van der Waals surface area contributed by atoms with Crippen molar-refractivity contribution >= 4 is 11.8 Å². The van der Waals surface area contributed by atoms with Crippen LogP contribution in [0.5, 0.6) is 0 Å². The van der Waals surface area contributed by atoms with Crippen LogP contribution in [0.25, 0.3) is 0 Å². The number of hydrogen-bond acceptors (Lipinski definition) is 2. The second-order valence-corrected chi connectivity index (χ2v) is 4.49. The van der Waals surface area contributed by atoms with Crippen molar-refractivity contribution in [2.75, 3.05) is 19.6 Å². The molecule has 1 saturated carbocycles. The molecule has 0 spiro atoms. The number of rotatable bonds is 6. The molecule has 1 N–H and O–H groups in total.